The minimum Gasteiger partial charge on any atom is -0.381 e. The molecule has 0 aromatic heterocycles. The van der Waals surface area contributed by atoms with Crippen LogP contribution in [0.5, 0.6) is 0 Å². The number of benzene rings is 2. The summed E-state index contributed by atoms with van der Waals surface area (Å²) in [6, 6.07) is 18.3. The van der Waals surface area contributed by atoms with E-state index in [1.807, 2.05) is 30.3 Å². The van der Waals surface area contributed by atoms with Crippen LogP contribution in [0.1, 0.15) is 30.0 Å². The maximum absolute atomic E-state index is 6.70. The van der Waals surface area contributed by atoms with E-state index in [4.69, 9.17) is 22.1 Å². The molecule has 0 saturated carbocycles. The molecule has 0 spiro atoms. The second-order valence-electron chi connectivity index (χ2n) is 5.63. The lowest BCUT2D eigenvalue weighted by Gasteiger charge is -2.43. The minimum atomic E-state index is -0.127. The molecule has 1 aliphatic heterocycles. The van der Waals surface area contributed by atoms with E-state index >= 15 is 0 Å². The van der Waals surface area contributed by atoms with E-state index in [9.17, 15) is 0 Å². The first-order valence-corrected chi connectivity index (χ1v) is 7.75. The number of halogens is 1. The number of ether oxygens (including phenoxy) is 1. The number of rotatable bonds is 3. The number of hydrogen-bond acceptors (Lipinski definition) is 2. The molecule has 3 rings (SSSR count). The van der Waals surface area contributed by atoms with Crippen LogP contribution in [0.3, 0.4) is 0 Å². The van der Waals surface area contributed by atoms with Crippen molar-refractivity contribution in [3.8, 4) is 0 Å². The van der Waals surface area contributed by atoms with Gasteiger partial charge in [0.25, 0.3) is 0 Å². The summed E-state index contributed by atoms with van der Waals surface area (Å²) in [7, 11) is 0. The molecule has 2 N–H and O–H groups in total. The van der Waals surface area contributed by atoms with Gasteiger partial charge in [-0.2, -0.15) is 0 Å². The first-order chi connectivity index (χ1) is 10.2. The smallest absolute Gasteiger partial charge is 0.0475 e. The van der Waals surface area contributed by atoms with Crippen LogP contribution < -0.4 is 5.73 Å². The standard InChI is InChI=1S/C18H20ClNO/c19-16-9-5-4-8-15(16)17(20)18(10-12-21-13-11-18)14-6-2-1-3-7-14/h1-9,17H,10-13,20H2. The van der Waals surface area contributed by atoms with Gasteiger partial charge in [-0.1, -0.05) is 60.1 Å². The molecule has 1 unspecified atom stereocenters. The van der Waals surface area contributed by atoms with Crippen molar-refractivity contribution in [3.05, 3.63) is 70.7 Å². The maximum Gasteiger partial charge on any atom is 0.0475 e. The molecule has 1 fully saturated rings. The lowest BCUT2D eigenvalue weighted by atomic mass is 9.67. The van der Waals surface area contributed by atoms with Gasteiger partial charge < -0.3 is 10.5 Å². The second-order valence-corrected chi connectivity index (χ2v) is 6.04. The van der Waals surface area contributed by atoms with Crippen LogP contribution in [0.25, 0.3) is 0 Å². The predicted octanol–water partition coefficient (Wildman–Crippen LogP) is 4.09. The van der Waals surface area contributed by atoms with Gasteiger partial charge in [-0.3, -0.25) is 0 Å². The van der Waals surface area contributed by atoms with E-state index in [1.165, 1.54) is 5.56 Å². The van der Waals surface area contributed by atoms with Crippen molar-refractivity contribution in [2.45, 2.75) is 24.3 Å². The van der Waals surface area contributed by atoms with Crippen LogP contribution in [0.15, 0.2) is 54.6 Å². The molecule has 1 saturated heterocycles. The monoisotopic (exact) mass is 301 g/mol. The molecular formula is C18H20ClNO. The van der Waals surface area contributed by atoms with Crippen LogP contribution in [0.2, 0.25) is 5.02 Å². The Labute approximate surface area is 130 Å². The summed E-state index contributed by atoms with van der Waals surface area (Å²) in [5.74, 6) is 0. The molecule has 1 atom stereocenters. The number of hydrogen-bond donors (Lipinski definition) is 1. The molecule has 0 radical (unpaired) electrons. The third-order valence-corrected chi connectivity index (χ3v) is 4.91. The first kappa shape index (κ1) is 14.6. The van der Waals surface area contributed by atoms with Crippen molar-refractivity contribution in [3.63, 3.8) is 0 Å². The summed E-state index contributed by atoms with van der Waals surface area (Å²) in [5.41, 5.74) is 8.89. The fourth-order valence-corrected chi connectivity index (χ4v) is 3.56. The van der Waals surface area contributed by atoms with Gasteiger partial charge in [0, 0.05) is 29.7 Å². The Morgan fingerprint density at radius 3 is 2.24 bits per heavy atom. The molecule has 2 aromatic rings. The average Bonchev–Trinajstić information content (AvgIpc) is 2.56. The van der Waals surface area contributed by atoms with Gasteiger partial charge in [0.1, 0.15) is 0 Å². The highest BCUT2D eigenvalue weighted by molar-refractivity contribution is 6.31. The largest absolute Gasteiger partial charge is 0.381 e. The Morgan fingerprint density at radius 2 is 1.57 bits per heavy atom. The van der Waals surface area contributed by atoms with Crippen LogP contribution >= 0.6 is 11.6 Å². The Morgan fingerprint density at radius 1 is 0.952 bits per heavy atom. The Hall–Kier alpha value is -1.35. The van der Waals surface area contributed by atoms with Gasteiger partial charge in [-0.25, -0.2) is 0 Å². The van der Waals surface area contributed by atoms with Gasteiger partial charge in [0.2, 0.25) is 0 Å². The maximum atomic E-state index is 6.70. The molecule has 110 valence electrons. The fourth-order valence-electron chi connectivity index (χ4n) is 3.31. The van der Waals surface area contributed by atoms with Crippen molar-refractivity contribution >= 4 is 11.6 Å². The summed E-state index contributed by atoms with van der Waals surface area (Å²) in [5, 5.41) is 0.742. The van der Waals surface area contributed by atoms with E-state index in [2.05, 4.69) is 24.3 Å². The zero-order valence-electron chi connectivity index (χ0n) is 12.0. The van der Waals surface area contributed by atoms with Crippen molar-refractivity contribution in [2.24, 2.45) is 5.73 Å². The highest BCUT2D eigenvalue weighted by Crippen LogP contribution is 2.45. The highest BCUT2D eigenvalue weighted by atomic mass is 35.5. The van der Waals surface area contributed by atoms with Crippen LogP contribution in [0.4, 0.5) is 0 Å². The summed E-state index contributed by atoms with van der Waals surface area (Å²) in [6.07, 6.45) is 1.84. The van der Waals surface area contributed by atoms with Crippen molar-refractivity contribution in [2.75, 3.05) is 13.2 Å². The third kappa shape index (κ3) is 2.71. The quantitative estimate of drug-likeness (QED) is 0.927. The molecule has 1 heterocycles. The normalized spacial score (nSPS) is 19.1. The lowest BCUT2D eigenvalue weighted by Crippen LogP contribution is -2.43. The SMILES string of the molecule is NC(c1ccccc1Cl)C1(c2ccccc2)CCOCC1. The summed E-state index contributed by atoms with van der Waals surface area (Å²) in [6.45, 7) is 1.49. The molecule has 2 nitrogen and oxygen atoms in total. The Kier molecular flexibility index (Phi) is 4.29. The van der Waals surface area contributed by atoms with Crippen molar-refractivity contribution in [1.29, 1.82) is 0 Å². The molecule has 3 heteroatoms. The average molecular weight is 302 g/mol. The third-order valence-electron chi connectivity index (χ3n) is 4.57. The highest BCUT2D eigenvalue weighted by Gasteiger charge is 2.41. The molecule has 0 amide bonds. The van der Waals surface area contributed by atoms with Crippen molar-refractivity contribution < 1.29 is 4.74 Å². The molecule has 2 aromatic carbocycles. The van der Waals surface area contributed by atoms with E-state index in [1.54, 1.807) is 0 Å². The van der Waals surface area contributed by atoms with E-state index < -0.39 is 0 Å². The molecule has 0 bridgehead atoms. The topological polar surface area (TPSA) is 35.2 Å². The molecular weight excluding hydrogens is 282 g/mol. The zero-order valence-corrected chi connectivity index (χ0v) is 12.7. The van der Waals surface area contributed by atoms with Crippen LogP contribution in [0, 0.1) is 0 Å². The Bertz CT molecular complexity index is 593. The zero-order chi connectivity index (χ0) is 14.7. The Balaban J connectivity index is 2.06. The van der Waals surface area contributed by atoms with Crippen molar-refractivity contribution in [1.82, 2.24) is 0 Å². The predicted molar refractivity (Wildman–Crippen MR) is 86.6 cm³/mol. The van der Waals surface area contributed by atoms with Gasteiger partial charge in [-0.05, 0) is 30.0 Å². The first-order valence-electron chi connectivity index (χ1n) is 7.37. The summed E-state index contributed by atoms with van der Waals surface area (Å²) in [4.78, 5) is 0. The second kappa shape index (κ2) is 6.18. The van der Waals surface area contributed by atoms with Gasteiger partial charge in [0.05, 0.1) is 0 Å². The van der Waals surface area contributed by atoms with E-state index in [0.717, 1.165) is 36.6 Å². The van der Waals surface area contributed by atoms with Crippen LogP contribution in [-0.4, -0.2) is 13.2 Å². The summed E-state index contributed by atoms with van der Waals surface area (Å²) >= 11 is 6.38. The molecule has 1 aliphatic rings. The fraction of sp³-hybridized carbons (Fsp3) is 0.333. The number of nitrogens with two attached hydrogens (primary N) is 1. The minimum absolute atomic E-state index is 0.107. The summed E-state index contributed by atoms with van der Waals surface area (Å²) < 4.78 is 5.57. The van der Waals surface area contributed by atoms with Gasteiger partial charge in [-0.15, -0.1) is 0 Å². The lowest BCUT2D eigenvalue weighted by molar-refractivity contribution is 0.0398. The molecule has 0 aliphatic carbocycles. The van der Waals surface area contributed by atoms with E-state index in [-0.39, 0.29) is 11.5 Å². The van der Waals surface area contributed by atoms with E-state index in [0.29, 0.717) is 0 Å². The van der Waals surface area contributed by atoms with Gasteiger partial charge >= 0.3 is 0 Å². The van der Waals surface area contributed by atoms with Crippen LogP contribution in [-0.2, 0) is 10.2 Å². The van der Waals surface area contributed by atoms with Gasteiger partial charge in [0.15, 0.2) is 0 Å². The molecule has 21 heavy (non-hydrogen) atoms.